The van der Waals surface area contributed by atoms with Gasteiger partial charge in [-0.15, -0.1) is 13.2 Å². The molecular weight excluding hydrogens is 491 g/mol. The van der Waals surface area contributed by atoms with Crippen LogP contribution in [0, 0.1) is 6.92 Å². The van der Waals surface area contributed by atoms with Gasteiger partial charge in [0.1, 0.15) is 5.75 Å². The maximum atomic E-state index is 12.8. The summed E-state index contributed by atoms with van der Waals surface area (Å²) in [7, 11) is -3.33. The first-order valence-corrected chi connectivity index (χ1v) is 12.2. The van der Waals surface area contributed by atoms with Crippen LogP contribution >= 0.6 is 11.6 Å². The lowest BCUT2D eigenvalue weighted by atomic mass is 9.99. The molecule has 1 amide bonds. The van der Waals surface area contributed by atoms with Gasteiger partial charge in [-0.3, -0.25) is 4.79 Å². The number of hydrogen-bond donors (Lipinski definition) is 1. The van der Waals surface area contributed by atoms with Crippen molar-refractivity contribution in [1.82, 2.24) is 0 Å². The summed E-state index contributed by atoms with van der Waals surface area (Å²) in [5.74, 6) is -0.768. The number of amides is 1. The quantitative estimate of drug-likeness (QED) is 0.410. The Labute approximate surface area is 200 Å². The summed E-state index contributed by atoms with van der Waals surface area (Å²) in [5, 5.41) is 2.85. The average Bonchev–Trinajstić information content (AvgIpc) is 2.73. The van der Waals surface area contributed by atoms with E-state index in [2.05, 4.69) is 10.1 Å². The smallest absolute Gasteiger partial charge is 0.405 e. The number of rotatable bonds is 7. The lowest BCUT2D eigenvalue weighted by Gasteiger charge is -2.17. The molecule has 34 heavy (non-hydrogen) atoms. The molecule has 0 saturated heterocycles. The number of ether oxygens (including phenoxy) is 1. The van der Waals surface area contributed by atoms with Crippen LogP contribution < -0.4 is 10.1 Å². The molecule has 0 aliphatic heterocycles. The average molecular weight is 512 g/mol. The summed E-state index contributed by atoms with van der Waals surface area (Å²) in [4.78, 5) is 12.7. The molecule has 0 saturated carbocycles. The summed E-state index contributed by atoms with van der Waals surface area (Å²) >= 11 is 6.38. The van der Waals surface area contributed by atoms with Crippen molar-refractivity contribution >= 4 is 33.0 Å². The van der Waals surface area contributed by atoms with E-state index in [4.69, 9.17) is 11.6 Å². The molecule has 1 N–H and O–H groups in total. The third-order valence-electron chi connectivity index (χ3n) is 4.98. The molecule has 0 heterocycles. The minimum atomic E-state index is -4.86. The molecule has 3 rings (SSSR count). The molecule has 0 spiro atoms. The fourth-order valence-corrected chi connectivity index (χ4v) is 4.67. The largest absolute Gasteiger partial charge is 0.573 e. The topological polar surface area (TPSA) is 72.5 Å². The van der Waals surface area contributed by atoms with Crippen LogP contribution in [0.25, 0.3) is 11.1 Å². The van der Waals surface area contributed by atoms with E-state index >= 15 is 0 Å². The highest BCUT2D eigenvalue weighted by Gasteiger charge is 2.32. The van der Waals surface area contributed by atoms with Crippen LogP contribution in [0.3, 0.4) is 0 Å². The molecule has 180 valence electrons. The number of nitrogens with one attached hydrogen (secondary N) is 1. The Morgan fingerprint density at radius 2 is 1.71 bits per heavy atom. The summed E-state index contributed by atoms with van der Waals surface area (Å²) in [6.45, 7) is 3.21. The minimum absolute atomic E-state index is 0.00682. The molecule has 5 nitrogen and oxygen atoms in total. The van der Waals surface area contributed by atoms with Crippen molar-refractivity contribution in [3.63, 3.8) is 0 Å². The molecule has 0 aromatic heterocycles. The van der Waals surface area contributed by atoms with Crippen molar-refractivity contribution in [2.24, 2.45) is 0 Å². The van der Waals surface area contributed by atoms with E-state index in [0.29, 0.717) is 22.4 Å². The Balaban J connectivity index is 1.79. The predicted molar refractivity (Wildman–Crippen MR) is 125 cm³/mol. The van der Waals surface area contributed by atoms with Gasteiger partial charge in [0.2, 0.25) is 5.91 Å². The van der Waals surface area contributed by atoms with Gasteiger partial charge in [0, 0.05) is 16.8 Å². The Hall–Kier alpha value is -3.04. The molecule has 3 aromatic carbocycles. The third kappa shape index (κ3) is 6.30. The van der Waals surface area contributed by atoms with Crippen molar-refractivity contribution < 1.29 is 31.1 Å². The van der Waals surface area contributed by atoms with E-state index in [-0.39, 0.29) is 39.3 Å². The second-order valence-corrected chi connectivity index (χ2v) is 10.2. The SMILES string of the molecule is CCS(=O)(=O)c1ccc(CC(=O)Nc2cc(C)c(-c3ccccc3OC(F)(F)F)c(Cl)c2)cc1. The number of sulfone groups is 1. The number of hydrogen-bond acceptors (Lipinski definition) is 4. The second kappa shape index (κ2) is 10.1. The Morgan fingerprint density at radius 3 is 2.29 bits per heavy atom. The van der Waals surface area contributed by atoms with Crippen molar-refractivity contribution in [2.75, 3.05) is 11.1 Å². The van der Waals surface area contributed by atoms with Crippen molar-refractivity contribution in [1.29, 1.82) is 0 Å². The van der Waals surface area contributed by atoms with E-state index in [0.717, 1.165) is 0 Å². The molecule has 0 bridgehead atoms. The Kier molecular flexibility index (Phi) is 7.57. The first-order chi connectivity index (χ1) is 15.9. The van der Waals surface area contributed by atoms with Gasteiger partial charge in [-0.2, -0.15) is 0 Å². The summed E-state index contributed by atoms with van der Waals surface area (Å²) < 4.78 is 66.3. The van der Waals surface area contributed by atoms with Crippen molar-refractivity contribution in [3.05, 3.63) is 76.8 Å². The first kappa shape index (κ1) is 25.6. The maximum absolute atomic E-state index is 12.8. The Morgan fingerprint density at radius 1 is 1.06 bits per heavy atom. The normalized spacial score (nSPS) is 11.8. The van der Waals surface area contributed by atoms with Crippen LogP contribution in [0.2, 0.25) is 5.02 Å². The van der Waals surface area contributed by atoms with E-state index < -0.39 is 16.2 Å². The van der Waals surface area contributed by atoms with E-state index in [1.54, 1.807) is 38.1 Å². The second-order valence-electron chi connectivity index (χ2n) is 7.47. The van der Waals surface area contributed by atoms with Gasteiger partial charge in [-0.05, 0) is 48.4 Å². The summed E-state index contributed by atoms with van der Waals surface area (Å²) in [5.41, 5.74) is 2.05. The molecule has 0 aliphatic carbocycles. The van der Waals surface area contributed by atoms with E-state index in [1.807, 2.05) is 0 Å². The molecule has 0 fully saturated rings. The number of benzene rings is 3. The monoisotopic (exact) mass is 511 g/mol. The van der Waals surface area contributed by atoms with Crippen LogP contribution in [-0.4, -0.2) is 26.4 Å². The number of para-hydroxylation sites is 1. The van der Waals surface area contributed by atoms with E-state index in [1.165, 1.54) is 36.4 Å². The van der Waals surface area contributed by atoms with E-state index in [9.17, 15) is 26.4 Å². The van der Waals surface area contributed by atoms with Crippen LogP contribution in [-0.2, 0) is 21.1 Å². The number of carbonyl (C=O) groups is 1. The first-order valence-electron chi connectivity index (χ1n) is 10.2. The molecule has 3 aromatic rings. The van der Waals surface area contributed by atoms with Gasteiger partial charge < -0.3 is 10.1 Å². The third-order valence-corrected chi connectivity index (χ3v) is 7.03. The zero-order valence-electron chi connectivity index (χ0n) is 18.2. The van der Waals surface area contributed by atoms with Crippen LogP contribution in [0.1, 0.15) is 18.1 Å². The van der Waals surface area contributed by atoms with Crippen molar-refractivity contribution in [3.8, 4) is 16.9 Å². The van der Waals surface area contributed by atoms with Crippen LogP contribution in [0.15, 0.2) is 65.6 Å². The number of alkyl halides is 3. The molecule has 0 aliphatic rings. The lowest BCUT2D eigenvalue weighted by molar-refractivity contribution is -0.274. The highest BCUT2D eigenvalue weighted by atomic mass is 35.5. The lowest BCUT2D eigenvalue weighted by Crippen LogP contribution is -2.17. The fourth-order valence-electron chi connectivity index (χ4n) is 3.42. The number of halogens is 4. The zero-order valence-corrected chi connectivity index (χ0v) is 19.8. The number of carbonyl (C=O) groups excluding carboxylic acids is 1. The molecule has 0 unspecified atom stereocenters. The molecule has 10 heteroatoms. The van der Waals surface area contributed by atoms with Gasteiger partial charge in [-0.25, -0.2) is 8.42 Å². The summed E-state index contributed by atoms with van der Waals surface area (Å²) in [6, 6.07) is 14.8. The Bertz CT molecular complexity index is 1280. The molecule has 0 radical (unpaired) electrons. The number of aryl methyl sites for hydroxylation is 1. The van der Waals surface area contributed by atoms with Crippen LogP contribution in [0.5, 0.6) is 5.75 Å². The predicted octanol–water partition coefficient (Wildman–Crippen LogP) is 6.19. The summed E-state index contributed by atoms with van der Waals surface area (Å²) in [6.07, 6.45) is -4.86. The molecule has 0 atom stereocenters. The van der Waals surface area contributed by atoms with Gasteiger partial charge >= 0.3 is 6.36 Å². The highest BCUT2D eigenvalue weighted by Crippen LogP contribution is 2.40. The number of anilines is 1. The maximum Gasteiger partial charge on any atom is 0.573 e. The van der Waals surface area contributed by atoms with Gasteiger partial charge in [0.05, 0.1) is 22.1 Å². The minimum Gasteiger partial charge on any atom is -0.405 e. The zero-order chi connectivity index (χ0) is 25.1. The van der Waals surface area contributed by atoms with Gasteiger partial charge in [-0.1, -0.05) is 48.9 Å². The fraction of sp³-hybridized carbons (Fsp3) is 0.208. The van der Waals surface area contributed by atoms with Crippen molar-refractivity contribution in [2.45, 2.75) is 31.5 Å². The van der Waals surface area contributed by atoms with Gasteiger partial charge in [0.15, 0.2) is 9.84 Å². The standard InChI is InChI=1S/C24H21ClF3NO4S/c1-3-34(31,32)18-10-8-16(9-11-18)13-22(30)29-17-12-15(2)23(20(25)14-17)19-6-4-5-7-21(19)33-24(26,27)28/h4-12,14H,3,13H2,1-2H3,(H,29,30). The highest BCUT2D eigenvalue weighted by molar-refractivity contribution is 7.91. The molecular formula is C24H21ClF3NO4S. The van der Waals surface area contributed by atoms with Gasteiger partial charge in [0.25, 0.3) is 0 Å². The van der Waals surface area contributed by atoms with Crippen LogP contribution in [0.4, 0.5) is 18.9 Å².